The number of aliphatic hydroxyl groups is 1. The van der Waals surface area contributed by atoms with Gasteiger partial charge in [-0.1, -0.05) is 95.3 Å². The van der Waals surface area contributed by atoms with Gasteiger partial charge in [-0.05, 0) is 58.3 Å². The van der Waals surface area contributed by atoms with E-state index in [1.54, 1.807) is 0 Å². The number of fused-ring (bicyclic) bond motifs is 2. The molecule has 1 N–H and O–H groups in total. The lowest BCUT2D eigenvalue weighted by atomic mass is 9.62. The Morgan fingerprint density at radius 3 is 2.06 bits per heavy atom. The van der Waals surface area contributed by atoms with Crippen molar-refractivity contribution in [2.24, 2.45) is 22.7 Å². The Kier molecular flexibility index (Phi) is 6.86. The molecular weight excluding hydrogens is 434 g/mol. The summed E-state index contributed by atoms with van der Waals surface area (Å²) in [6, 6.07) is 24.0. The molecule has 0 radical (unpaired) electrons. The van der Waals surface area contributed by atoms with Gasteiger partial charge in [-0.15, -0.1) is 0 Å². The molecule has 0 aromatic heterocycles. The highest BCUT2D eigenvalue weighted by Crippen LogP contribution is 2.65. The van der Waals surface area contributed by atoms with Crippen LogP contribution in [0.3, 0.4) is 0 Å². The SMILES string of the molecule is CC1(C)C[C@@]2(CC#N)C(O)CC[C@@H]1C2CCO[Si](c1ccccc1)(c1ccccc1)C(C)(C)C. The van der Waals surface area contributed by atoms with E-state index < -0.39 is 8.32 Å². The number of nitriles is 1. The van der Waals surface area contributed by atoms with Crippen LogP contribution in [0, 0.1) is 34.0 Å². The van der Waals surface area contributed by atoms with E-state index in [1.807, 2.05) is 0 Å². The Morgan fingerprint density at radius 1 is 1.00 bits per heavy atom. The first-order valence-electron chi connectivity index (χ1n) is 12.9. The highest BCUT2D eigenvalue weighted by Gasteiger charge is 2.62. The van der Waals surface area contributed by atoms with E-state index in [2.05, 4.69) is 101 Å². The van der Waals surface area contributed by atoms with E-state index in [4.69, 9.17) is 4.43 Å². The number of hydrogen-bond donors (Lipinski definition) is 1. The summed E-state index contributed by atoms with van der Waals surface area (Å²) >= 11 is 0. The first-order valence-corrected chi connectivity index (χ1v) is 14.8. The zero-order valence-electron chi connectivity index (χ0n) is 21.6. The molecule has 2 bridgehead atoms. The maximum atomic E-state index is 11.1. The van der Waals surface area contributed by atoms with Gasteiger partial charge >= 0.3 is 0 Å². The minimum Gasteiger partial charge on any atom is -0.407 e. The van der Waals surface area contributed by atoms with Gasteiger partial charge in [0.2, 0.25) is 0 Å². The Bertz CT molecular complexity index is 968. The fraction of sp³-hybridized carbons (Fsp3) is 0.567. The minimum atomic E-state index is -2.58. The predicted octanol–water partition coefficient (Wildman–Crippen LogP) is 5.67. The topological polar surface area (TPSA) is 53.2 Å². The summed E-state index contributed by atoms with van der Waals surface area (Å²) in [5.74, 6) is 0.858. The van der Waals surface area contributed by atoms with Crippen molar-refractivity contribution in [1.82, 2.24) is 0 Å². The predicted molar refractivity (Wildman–Crippen MR) is 141 cm³/mol. The molecule has 4 rings (SSSR count). The lowest BCUT2D eigenvalue weighted by Gasteiger charge is -2.46. The fourth-order valence-electron chi connectivity index (χ4n) is 7.69. The molecule has 0 heterocycles. The van der Waals surface area contributed by atoms with Crippen molar-refractivity contribution >= 4 is 18.7 Å². The molecule has 3 nitrogen and oxygen atoms in total. The van der Waals surface area contributed by atoms with Crippen molar-refractivity contribution in [3.8, 4) is 6.07 Å². The van der Waals surface area contributed by atoms with Gasteiger partial charge in [0.25, 0.3) is 8.32 Å². The number of rotatable bonds is 7. The summed E-state index contributed by atoms with van der Waals surface area (Å²) in [5.41, 5.74) is -0.146. The van der Waals surface area contributed by atoms with E-state index in [0.717, 1.165) is 25.7 Å². The zero-order chi connectivity index (χ0) is 24.6. The van der Waals surface area contributed by atoms with Crippen molar-refractivity contribution in [3.63, 3.8) is 0 Å². The number of aliphatic hydroxyl groups excluding tert-OH is 1. The third-order valence-electron chi connectivity index (χ3n) is 9.00. The molecule has 2 fully saturated rings. The molecule has 182 valence electrons. The minimum absolute atomic E-state index is 0.0512. The van der Waals surface area contributed by atoms with Gasteiger partial charge in [-0.25, -0.2) is 0 Å². The summed E-state index contributed by atoms with van der Waals surface area (Å²) in [7, 11) is -2.58. The standard InChI is InChI=1S/C30H41NO2Si/c1-28(2,3)34(23-12-8-6-9-13-23,24-14-10-7-11-15-24)33-21-18-26-25-16-17-27(32)30(26,19-20-31)22-29(25,4)5/h6-15,25-27,32H,16-19,21-22H2,1-5H3/t25-,26?,27?,30-/m1/s1. The molecule has 0 saturated heterocycles. The maximum Gasteiger partial charge on any atom is 0.261 e. The lowest BCUT2D eigenvalue weighted by Crippen LogP contribution is -2.66. The smallest absolute Gasteiger partial charge is 0.261 e. The zero-order valence-corrected chi connectivity index (χ0v) is 22.6. The van der Waals surface area contributed by atoms with E-state index >= 15 is 0 Å². The van der Waals surface area contributed by atoms with Crippen molar-refractivity contribution in [2.45, 2.75) is 77.9 Å². The Hall–Kier alpha value is -1.93. The average molecular weight is 476 g/mol. The molecule has 0 amide bonds. The second-order valence-electron chi connectivity index (χ2n) is 12.3. The third-order valence-corrected chi connectivity index (χ3v) is 14.0. The number of nitrogens with zero attached hydrogens (tertiary/aromatic N) is 1. The van der Waals surface area contributed by atoms with Crippen molar-refractivity contribution in [3.05, 3.63) is 60.7 Å². The first kappa shape index (κ1) is 25.2. The van der Waals surface area contributed by atoms with Gasteiger partial charge in [0.05, 0.1) is 12.2 Å². The van der Waals surface area contributed by atoms with Gasteiger partial charge in [0.1, 0.15) is 0 Å². The maximum absolute atomic E-state index is 11.1. The highest BCUT2D eigenvalue weighted by molar-refractivity contribution is 6.99. The average Bonchev–Trinajstić information content (AvgIpc) is 2.95. The summed E-state index contributed by atoms with van der Waals surface area (Å²) in [6.07, 6.45) is 3.76. The second kappa shape index (κ2) is 9.26. The Morgan fingerprint density at radius 2 is 1.56 bits per heavy atom. The molecule has 2 saturated carbocycles. The van der Waals surface area contributed by atoms with Crippen molar-refractivity contribution in [2.75, 3.05) is 6.61 Å². The molecule has 2 unspecified atom stereocenters. The van der Waals surface area contributed by atoms with Gasteiger partial charge in [-0.2, -0.15) is 5.26 Å². The van der Waals surface area contributed by atoms with Crippen LogP contribution in [0.5, 0.6) is 0 Å². The quantitative estimate of drug-likeness (QED) is 0.525. The van der Waals surface area contributed by atoms with Gasteiger partial charge < -0.3 is 9.53 Å². The number of hydrogen-bond acceptors (Lipinski definition) is 3. The Labute approximate surface area is 207 Å². The van der Waals surface area contributed by atoms with Crippen LogP contribution < -0.4 is 10.4 Å². The number of benzene rings is 2. The molecule has 0 aliphatic heterocycles. The largest absolute Gasteiger partial charge is 0.407 e. The molecule has 0 spiro atoms. The summed E-state index contributed by atoms with van der Waals surface area (Å²) < 4.78 is 7.19. The fourth-order valence-corrected chi connectivity index (χ4v) is 12.3. The van der Waals surface area contributed by atoms with Crippen LogP contribution in [0.2, 0.25) is 5.04 Å². The van der Waals surface area contributed by atoms with Crippen LogP contribution in [0.25, 0.3) is 0 Å². The van der Waals surface area contributed by atoms with Gasteiger partial charge in [0.15, 0.2) is 0 Å². The van der Waals surface area contributed by atoms with Crippen LogP contribution in [-0.4, -0.2) is 26.1 Å². The summed E-state index contributed by atoms with van der Waals surface area (Å²) in [5, 5.41) is 23.4. The van der Waals surface area contributed by atoms with Gasteiger partial charge in [-0.3, -0.25) is 0 Å². The van der Waals surface area contributed by atoms with Crippen LogP contribution in [-0.2, 0) is 4.43 Å². The van der Waals surface area contributed by atoms with Crippen LogP contribution in [0.15, 0.2) is 60.7 Å². The normalized spacial score (nSPS) is 28.4. The molecule has 2 aliphatic rings. The van der Waals surface area contributed by atoms with E-state index in [-0.39, 0.29) is 22.0 Å². The van der Waals surface area contributed by atoms with Crippen LogP contribution >= 0.6 is 0 Å². The summed E-state index contributed by atoms with van der Waals surface area (Å²) in [6.45, 7) is 12.3. The van der Waals surface area contributed by atoms with Crippen LogP contribution in [0.4, 0.5) is 0 Å². The van der Waals surface area contributed by atoms with E-state index in [0.29, 0.717) is 24.9 Å². The van der Waals surface area contributed by atoms with Crippen LogP contribution in [0.1, 0.15) is 66.7 Å². The van der Waals surface area contributed by atoms with E-state index in [1.165, 1.54) is 10.4 Å². The molecule has 2 aliphatic carbocycles. The van der Waals surface area contributed by atoms with Crippen molar-refractivity contribution < 1.29 is 9.53 Å². The molecule has 4 heteroatoms. The van der Waals surface area contributed by atoms with E-state index in [9.17, 15) is 10.4 Å². The van der Waals surface area contributed by atoms with Gasteiger partial charge in [0, 0.05) is 18.4 Å². The van der Waals surface area contributed by atoms with Crippen molar-refractivity contribution in [1.29, 1.82) is 5.26 Å². The Balaban J connectivity index is 1.69. The molecule has 4 atom stereocenters. The molecule has 2 aromatic carbocycles. The molecule has 2 aromatic rings. The molecule has 34 heavy (non-hydrogen) atoms. The first-order chi connectivity index (χ1) is 16.1. The molecular formula is C30H41NO2Si. The highest BCUT2D eigenvalue weighted by atomic mass is 28.4. The second-order valence-corrected chi connectivity index (χ2v) is 16.6. The lowest BCUT2D eigenvalue weighted by molar-refractivity contribution is -0.0492. The monoisotopic (exact) mass is 475 g/mol. The summed E-state index contributed by atoms with van der Waals surface area (Å²) in [4.78, 5) is 0. The third kappa shape index (κ3) is 4.06.